The van der Waals surface area contributed by atoms with Gasteiger partial charge < -0.3 is 19.9 Å². The predicted molar refractivity (Wildman–Crippen MR) is 124 cm³/mol. The number of nitrogens with zero attached hydrogens (tertiary/aromatic N) is 6. The average Bonchev–Trinajstić information content (AvgIpc) is 3.54. The van der Waals surface area contributed by atoms with E-state index >= 15 is 0 Å². The Balaban J connectivity index is 0.00000280. The van der Waals surface area contributed by atoms with Gasteiger partial charge in [-0.05, 0) is 24.8 Å². The minimum absolute atomic E-state index is 0. The van der Waals surface area contributed by atoms with Gasteiger partial charge in [0.2, 0.25) is 5.95 Å². The van der Waals surface area contributed by atoms with E-state index in [0.717, 1.165) is 76.9 Å². The zero-order chi connectivity index (χ0) is 18.9. The van der Waals surface area contributed by atoms with Gasteiger partial charge in [-0.3, -0.25) is 9.89 Å². The highest BCUT2D eigenvalue weighted by molar-refractivity contribution is 14.0. The second kappa shape index (κ2) is 12.4. The maximum Gasteiger partial charge on any atom is 0.225 e. The molecule has 0 aromatic carbocycles. The molecule has 1 aliphatic heterocycles. The molecule has 2 fully saturated rings. The molecule has 1 saturated carbocycles. The maximum absolute atomic E-state index is 5.72. The molecule has 158 valence electrons. The quantitative estimate of drug-likeness (QED) is 0.235. The Hall–Kier alpha value is -1.20. The summed E-state index contributed by atoms with van der Waals surface area (Å²) in [7, 11) is 3.90. The standard InChI is InChI=1S/C19H33N7O.HI/c1-20-18(24(2)14-15-27-16-17-4-5-17)23-8-9-25-10-12-26(13-11-25)19-21-6-3-7-22-19;/h3,6-7,17H,4-5,8-16H2,1-2H3,(H,20,23);1H. The number of aromatic nitrogens is 2. The van der Waals surface area contributed by atoms with Crippen LogP contribution < -0.4 is 10.2 Å². The molecule has 2 heterocycles. The molecule has 1 N–H and O–H groups in total. The smallest absolute Gasteiger partial charge is 0.225 e. The number of halogens is 1. The van der Waals surface area contributed by atoms with Crippen LogP contribution in [0, 0.1) is 5.92 Å². The summed E-state index contributed by atoms with van der Waals surface area (Å²) in [6.07, 6.45) is 6.28. The maximum atomic E-state index is 5.72. The van der Waals surface area contributed by atoms with Crippen molar-refractivity contribution in [3.05, 3.63) is 18.5 Å². The fraction of sp³-hybridized carbons (Fsp3) is 0.737. The van der Waals surface area contributed by atoms with Crippen LogP contribution in [-0.4, -0.2) is 98.8 Å². The summed E-state index contributed by atoms with van der Waals surface area (Å²) >= 11 is 0. The molecule has 2 aliphatic rings. The predicted octanol–water partition coefficient (Wildman–Crippen LogP) is 1.15. The molecular formula is C19H34IN7O. The van der Waals surface area contributed by atoms with Crippen molar-refractivity contribution in [2.45, 2.75) is 12.8 Å². The highest BCUT2D eigenvalue weighted by Crippen LogP contribution is 2.28. The van der Waals surface area contributed by atoms with Gasteiger partial charge in [-0.15, -0.1) is 24.0 Å². The van der Waals surface area contributed by atoms with E-state index in [1.165, 1.54) is 12.8 Å². The van der Waals surface area contributed by atoms with Crippen molar-refractivity contribution in [1.29, 1.82) is 0 Å². The third-order valence-corrected chi connectivity index (χ3v) is 5.11. The molecule has 1 saturated heterocycles. The molecule has 0 bridgehead atoms. The van der Waals surface area contributed by atoms with Gasteiger partial charge in [-0.1, -0.05) is 0 Å². The van der Waals surface area contributed by atoms with Crippen LogP contribution in [0.4, 0.5) is 5.95 Å². The van der Waals surface area contributed by atoms with Crippen LogP contribution in [0.2, 0.25) is 0 Å². The zero-order valence-electron chi connectivity index (χ0n) is 17.1. The molecule has 0 radical (unpaired) electrons. The van der Waals surface area contributed by atoms with E-state index in [1.54, 1.807) is 12.4 Å². The molecule has 0 atom stereocenters. The fourth-order valence-corrected chi connectivity index (χ4v) is 3.18. The molecule has 0 amide bonds. The van der Waals surface area contributed by atoms with Gasteiger partial charge in [-0.25, -0.2) is 9.97 Å². The van der Waals surface area contributed by atoms with Crippen LogP contribution in [-0.2, 0) is 4.74 Å². The summed E-state index contributed by atoms with van der Waals surface area (Å²) in [5.74, 6) is 2.59. The van der Waals surface area contributed by atoms with Crippen molar-refractivity contribution >= 4 is 35.9 Å². The molecule has 9 heteroatoms. The Morgan fingerprint density at radius 2 is 1.96 bits per heavy atom. The number of likely N-dealkylation sites (N-methyl/N-ethyl adjacent to an activating group) is 1. The van der Waals surface area contributed by atoms with Crippen molar-refractivity contribution in [2.24, 2.45) is 10.9 Å². The number of hydrogen-bond donors (Lipinski definition) is 1. The molecule has 3 rings (SSSR count). The van der Waals surface area contributed by atoms with Crippen LogP contribution in [0.15, 0.2) is 23.5 Å². The van der Waals surface area contributed by atoms with E-state index in [2.05, 4.69) is 42.0 Å². The summed E-state index contributed by atoms with van der Waals surface area (Å²) in [6, 6.07) is 1.86. The normalized spacial score (nSPS) is 17.9. The Labute approximate surface area is 185 Å². The molecule has 1 aromatic heterocycles. The molecule has 1 aromatic rings. The lowest BCUT2D eigenvalue weighted by molar-refractivity contribution is 0.115. The van der Waals surface area contributed by atoms with E-state index in [0.29, 0.717) is 0 Å². The van der Waals surface area contributed by atoms with Crippen LogP contribution >= 0.6 is 24.0 Å². The van der Waals surface area contributed by atoms with Crippen molar-refractivity contribution in [3.8, 4) is 0 Å². The first kappa shape index (κ1) is 23.1. The van der Waals surface area contributed by atoms with Gasteiger partial charge in [0, 0.05) is 78.9 Å². The van der Waals surface area contributed by atoms with E-state index in [4.69, 9.17) is 4.74 Å². The zero-order valence-corrected chi connectivity index (χ0v) is 19.4. The molecular weight excluding hydrogens is 469 g/mol. The highest BCUT2D eigenvalue weighted by atomic mass is 127. The van der Waals surface area contributed by atoms with Crippen LogP contribution in [0.5, 0.6) is 0 Å². The topological polar surface area (TPSA) is 69.1 Å². The van der Waals surface area contributed by atoms with E-state index < -0.39 is 0 Å². The first-order valence-corrected chi connectivity index (χ1v) is 10.00. The minimum atomic E-state index is 0. The summed E-state index contributed by atoms with van der Waals surface area (Å²) in [5.41, 5.74) is 0. The van der Waals surface area contributed by atoms with Crippen molar-refractivity contribution in [2.75, 3.05) is 78.0 Å². The molecule has 0 spiro atoms. The van der Waals surface area contributed by atoms with Crippen LogP contribution in [0.1, 0.15) is 12.8 Å². The number of aliphatic imine (C=N–C) groups is 1. The van der Waals surface area contributed by atoms with Crippen molar-refractivity contribution in [1.82, 2.24) is 25.1 Å². The Kier molecular flexibility index (Phi) is 10.2. The second-order valence-electron chi connectivity index (χ2n) is 7.29. The van der Waals surface area contributed by atoms with E-state index in [-0.39, 0.29) is 24.0 Å². The molecule has 8 nitrogen and oxygen atoms in total. The lowest BCUT2D eigenvalue weighted by Gasteiger charge is -2.34. The average molecular weight is 503 g/mol. The lowest BCUT2D eigenvalue weighted by atomic mass is 10.3. The van der Waals surface area contributed by atoms with Gasteiger partial charge in [0.15, 0.2) is 5.96 Å². The van der Waals surface area contributed by atoms with Crippen molar-refractivity contribution in [3.63, 3.8) is 0 Å². The Bertz CT molecular complexity index is 577. The van der Waals surface area contributed by atoms with Crippen molar-refractivity contribution < 1.29 is 4.74 Å². The monoisotopic (exact) mass is 503 g/mol. The van der Waals surface area contributed by atoms with Gasteiger partial charge in [0.05, 0.1) is 6.61 Å². The number of rotatable bonds is 9. The number of hydrogen-bond acceptors (Lipinski definition) is 6. The number of nitrogens with one attached hydrogen (secondary N) is 1. The first-order chi connectivity index (χ1) is 13.3. The Morgan fingerprint density at radius 3 is 2.61 bits per heavy atom. The number of ether oxygens (including phenoxy) is 1. The largest absolute Gasteiger partial charge is 0.379 e. The second-order valence-corrected chi connectivity index (χ2v) is 7.29. The molecule has 0 unspecified atom stereocenters. The molecule has 28 heavy (non-hydrogen) atoms. The van der Waals surface area contributed by atoms with Crippen LogP contribution in [0.3, 0.4) is 0 Å². The summed E-state index contributed by atoms with van der Waals surface area (Å²) in [5, 5.41) is 3.46. The minimum Gasteiger partial charge on any atom is -0.379 e. The third-order valence-electron chi connectivity index (χ3n) is 5.11. The SMILES string of the molecule is CN=C(NCCN1CCN(c2ncccn2)CC1)N(C)CCOCC1CC1.I. The lowest BCUT2D eigenvalue weighted by Crippen LogP contribution is -2.50. The number of piperazine rings is 1. The van der Waals surface area contributed by atoms with E-state index in [1.807, 2.05) is 13.1 Å². The number of anilines is 1. The summed E-state index contributed by atoms with van der Waals surface area (Å²) < 4.78 is 5.72. The fourth-order valence-electron chi connectivity index (χ4n) is 3.18. The Morgan fingerprint density at radius 1 is 1.25 bits per heavy atom. The van der Waals surface area contributed by atoms with E-state index in [9.17, 15) is 0 Å². The number of guanidine groups is 1. The first-order valence-electron chi connectivity index (χ1n) is 10.00. The summed E-state index contributed by atoms with van der Waals surface area (Å²) in [4.78, 5) is 19.9. The van der Waals surface area contributed by atoms with Gasteiger partial charge in [0.25, 0.3) is 0 Å². The van der Waals surface area contributed by atoms with Crippen LogP contribution in [0.25, 0.3) is 0 Å². The van der Waals surface area contributed by atoms with Gasteiger partial charge in [0.1, 0.15) is 0 Å². The molecule has 1 aliphatic carbocycles. The highest BCUT2D eigenvalue weighted by Gasteiger charge is 2.21. The van der Waals surface area contributed by atoms with Gasteiger partial charge in [-0.2, -0.15) is 0 Å². The third kappa shape index (κ3) is 7.67. The summed E-state index contributed by atoms with van der Waals surface area (Å²) in [6.45, 7) is 8.44. The van der Waals surface area contributed by atoms with Gasteiger partial charge >= 0.3 is 0 Å².